The number of hydrogen-bond acceptors (Lipinski definition) is 0. The first-order valence-electron chi connectivity index (χ1n) is 7.47. The van der Waals surface area contributed by atoms with E-state index in [1.807, 2.05) is 0 Å². The fourth-order valence-corrected chi connectivity index (χ4v) is 3.97. The highest BCUT2D eigenvalue weighted by atomic mass is 127. The highest BCUT2D eigenvalue weighted by Gasteiger charge is 2.19. The molecule has 0 fully saturated rings. The number of halogens is 6. The fourth-order valence-electron chi connectivity index (χ4n) is 1.81. The minimum atomic E-state index is -2.09. The van der Waals surface area contributed by atoms with Crippen molar-refractivity contribution in [2.75, 3.05) is 0 Å². The van der Waals surface area contributed by atoms with Crippen LogP contribution in [0.4, 0.5) is 22.0 Å². The SMILES string of the molecule is Cc1ccc([I+]c2ccc(C)cc2)cc1.[BH3-]c1c(F)c(F)c(F)c(F)c1F. The van der Waals surface area contributed by atoms with Gasteiger partial charge >= 0.3 is 21.2 Å². The fraction of sp³-hybridized carbons (Fsp3) is 0.100. The van der Waals surface area contributed by atoms with Crippen LogP contribution < -0.4 is 26.7 Å². The Morgan fingerprint density at radius 2 is 0.852 bits per heavy atom. The first-order chi connectivity index (χ1) is 12.7. The van der Waals surface area contributed by atoms with E-state index in [9.17, 15) is 22.0 Å². The van der Waals surface area contributed by atoms with Crippen LogP contribution in [0.1, 0.15) is 11.1 Å². The van der Waals surface area contributed by atoms with E-state index in [4.69, 9.17) is 0 Å². The van der Waals surface area contributed by atoms with Gasteiger partial charge in [0.05, 0.1) is 0 Å². The first-order valence-corrected chi connectivity index (χ1v) is 9.62. The molecular formula is C20H17BF5I. The van der Waals surface area contributed by atoms with Gasteiger partial charge in [0.2, 0.25) is 0 Å². The molecule has 0 bridgehead atoms. The zero-order chi connectivity index (χ0) is 20.1. The van der Waals surface area contributed by atoms with E-state index in [-0.39, 0.29) is 21.2 Å². The van der Waals surface area contributed by atoms with Crippen LogP contribution in [0.3, 0.4) is 0 Å². The lowest BCUT2D eigenvalue weighted by molar-refractivity contribution is -0.597. The van der Waals surface area contributed by atoms with Crippen molar-refractivity contribution >= 4 is 13.3 Å². The second-order valence-corrected chi connectivity index (χ2v) is 8.41. The summed E-state index contributed by atoms with van der Waals surface area (Å²) in [5.74, 6) is -9.13. The second-order valence-electron chi connectivity index (χ2n) is 5.38. The zero-order valence-corrected chi connectivity index (χ0v) is 16.0. The second kappa shape index (κ2) is 9.35. The molecule has 0 aliphatic rings. The quantitative estimate of drug-likeness (QED) is 0.164. The molecule has 0 aliphatic heterocycles. The molecule has 0 spiro atoms. The lowest BCUT2D eigenvalue weighted by Crippen LogP contribution is -3.61. The average Bonchev–Trinajstić information content (AvgIpc) is 2.67. The van der Waals surface area contributed by atoms with Crippen LogP contribution >= 0.6 is 0 Å². The molecule has 142 valence electrons. The summed E-state index contributed by atoms with van der Waals surface area (Å²) in [6, 6.07) is 17.8. The molecule has 0 aliphatic carbocycles. The van der Waals surface area contributed by atoms with Gasteiger partial charge in [-0.05, 0) is 46.0 Å². The van der Waals surface area contributed by atoms with E-state index in [2.05, 4.69) is 62.4 Å². The Labute approximate surface area is 166 Å². The Morgan fingerprint density at radius 3 is 1.19 bits per heavy atom. The summed E-state index contributed by atoms with van der Waals surface area (Å²) in [5.41, 5.74) is 2.06. The largest absolute Gasteiger partial charge is 0.357 e. The molecule has 27 heavy (non-hydrogen) atoms. The van der Waals surface area contributed by atoms with Crippen molar-refractivity contribution in [3.8, 4) is 0 Å². The van der Waals surface area contributed by atoms with Gasteiger partial charge in [-0.3, -0.25) is 0 Å². The maximum atomic E-state index is 12.5. The van der Waals surface area contributed by atoms with Crippen molar-refractivity contribution in [3.05, 3.63) is 95.9 Å². The first kappa shape index (κ1) is 21.4. The summed E-state index contributed by atoms with van der Waals surface area (Å²) in [4.78, 5) is 0. The van der Waals surface area contributed by atoms with Gasteiger partial charge in [-0.2, -0.15) is 0 Å². The Kier molecular flexibility index (Phi) is 7.41. The van der Waals surface area contributed by atoms with Crippen LogP contribution in [0.5, 0.6) is 0 Å². The number of hydrogen-bond donors (Lipinski definition) is 0. The van der Waals surface area contributed by atoms with Gasteiger partial charge in [-0.1, -0.05) is 35.4 Å². The van der Waals surface area contributed by atoms with Crippen LogP contribution in [0, 0.1) is 50.1 Å². The summed E-state index contributed by atoms with van der Waals surface area (Å²) in [7, 11) is -1.05. The van der Waals surface area contributed by atoms with Gasteiger partial charge in [0, 0.05) is 0 Å². The summed E-state index contributed by atoms with van der Waals surface area (Å²) in [6.07, 6.45) is 0. The topological polar surface area (TPSA) is 0 Å². The minimum absolute atomic E-state index is 0.00313. The molecule has 0 nitrogen and oxygen atoms in total. The van der Waals surface area contributed by atoms with E-state index >= 15 is 0 Å². The van der Waals surface area contributed by atoms with Crippen LogP contribution in [0.25, 0.3) is 0 Å². The van der Waals surface area contributed by atoms with Gasteiger partial charge < -0.3 is 0 Å². The van der Waals surface area contributed by atoms with Crippen LogP contribution in [-0.2, 0) is 0 Å². The van der Waals surface area contributed by atoms with Gasteiger partial charge in [-0.15, -0.1) is 5.46 Å². The molecule has 0 unspecified atom stereocenters. The highest BCUT2D eigenvalue weighted by Crippen LogP contribution is 2.14. The summed E-state index contributed by atoms with van der Waals surface area (Å²) in [5, 5.41) is 0. The Morgan fingerprint density at radius 1 is 0.556 bits per heavy atom. The van der Waals surface area contributed by atoms with E-state index in [0.717, 1.165) is 0 Å². The third-order valence-electron chi connectivity index (χ3n) is 3.23. The lowest BCUT2D eigenvalue weighted by atomic mass is 9.94. The molecule has 0 atom stereocenters. The van der Waals surface area contributed by atoms with Gasteiger partial charge in [0.1, 0.15) is 11.6 Å². The predicted molar refractivity (Wildman–Crippen MR) is 95.6 cm³/mol. The molecule has 3 rings (SSSR count). The van der Waals surface area contributed by atoms with Gasteiger partial charge in [0.25, 0.3) is 0 Å². The number of aryl methyl sites for hydroxylation is 2. The van der Waals surface area contributed by atoms with E-state index < -0.39 is 42.4 Å². The Balaban J connectivity index is 0.000000199. The maximum absolute atomic E-state index is 12.5. The van der Waals surface area contributed by atoms with Crippen molar-refractivity contribution in [1.29, 1.82) is 0 Å². The Bertz CT molecular complexity index is 776. The van der Waals surface area contributed by atoms with Crippen molar-refractivity contribution < 1.29 is 43.2 Å². The summed E-state index contributed by atoms with van der Waals surface area (Å²) >= 11 is 0.00313. The van der Waals surface area contributed by atoms with Crippen LogP contribution in [-0.4, -0.2) is 7.85 Å². The molecule has 0 N–H and O–H groups in total. The lowest BCUT2D eigenvalue weighted by Gasteiger charge is -2.06. The molecule has 0 saturated carbocycles. The van der Waals surface area contributed by atoms with Crippen molar-refractivity contribution in [1.82, 2.24) is 0 Å². The predicted octanol–water partition coefficient (Wildman–Crippen LogP) is 0.805. The van der Waals surface area contributed by atoms with Crippen LogP contribution in [0.2, 0.25) is 0 Å². The monoisotopic (exact) mass is 490 g/mol. The molecule has 0 aromatic heterocycles. The molecule has 0 saturated heterocycles. The number of rotatable bonds is 2. The molecular weight excluding hydrogens is 473 g/mol. The van der Waals surface area contributed by atoms with E-state index in [1.165, 1.54) is 18.3 Å². The molecule has 3 aromatic carbocycles. The minimum Gasteiger partial charge on any atom is -0.207 e. The molecule has 7 heteroatoms. The van der Waals surface area contributed by atoms with Crippen LogP contribution in [0.15, 0.2) is 48.5 Å². The zero-order valence-electron chi connectivity index (χ0n) is 13.9. The Hall–Kier alpha value is -1.90. The molecule has 0 radical (unpaired) electrons. The summed E-state index contributed by atoms with van der Waals surface area (Å²) in [6.45, 7) is 4.27. The average molecular weight is 490 g/mol. The van der Waals surface area contributed by atoms with Crippen molar-refractivity contribution in [2.24, 2.45) is 0 Å². The normalized spacial score (nSPS) is 10.4. The smallest absolute Gasteiger partial charge is 0.207 e. The standard InChI is InChI=1S/C14H14I.C6H3BF5/c1-11-3-7-13(8-4-11)15-14-9-5-12(2)6-10-14;7-1-2(8)4(10)6(12)5(11)3(1)9/h3-10H,1-2H3;7H3/q+1;-1. The molecule has 3 aromatic rings. The summed E-state index contributed by atoms with van der Waals surface area (Å²) < 4.78 is 64.8. The van der Waals surface area contributed by atoms with E-state index in [0.29, 0.717) is 0 Å². The van der Waals surface area contributed by atoms with E-state index in [1.54, 1.807) is 0 Å². The van der Waals surface area contributed by atoms with Gasteiger partial charge in [0.15, 0.2) is 24.6 Å². The highest BCUT2D eigenvalue weighted by molar-refractivity contribution is 6.32. The van der Waals surface area contributed by atoms with Crippen molar-refractivity contribution in [2.45, 2.75) is 13.8 Å². The molecule has 0 amide bonds. The maximum Gasteiger partial charge on any atom is 0.357 e. The third-order valence-corrected chi connectivity index (χ3v) is 5.91. The van der Waals surface area contributed by atoms with Crippen molar-refractivity contribution in [3.63, 3.8) is 0 Å². The third kappa shape index (κ3) is 5.54. The van der Waals surface area contributed by atoms with Gasteiger partial charge in [-0.25, -0.2) is 22.0 Å². The number of benzene rings is 3. The molecule has 0 heterocycles.